The van der Waals surface area contributed by atoms with E-state index in [9.17, 15) is 4.39 Å². The van der Waals surface area contributed by atoms with E-state index in [1.807, 2.05) is 0 Å². The zero-order valence-electron chi connectivity index (χ0n) is 4.07. The first-order valence-electron chi connectivity index (χ1n) is 1.99. The molecule has 0 aliphatic carbocycles. The van der Waals surface area contributed by atoms with E-state index in [1.165, 1.54) is 0 Å². The molecular formula is C3H7Cl2FN2. The van der Waals surface area contributed by atoms with Crippen molar-refractivity contribution < 1.29 is 4.39 Å². The number of hydrogen-bond donors (Lipinski definition) is 2. The van der Waals surface area contributed by atoms with Crippen molar-refractivity contribution >= 4 is 23.2 Å². The average Bonchev–Trinajstić information content (AvgIpc) is 1.62. The van der Waals surface area contributed by atoms with E-state index in [-0.39, 0.29) is 6.54 Å². The summed E-state index contributed by atoms with van der Waals surface area (Å²) in [6.45, 7) is -0.260. The molecule has 0 rings (SSSR count). The molecule has 0 spiro atoms. The Morgan fingerprint density at radius 1 is 1.62 bits per heavy atom. The van der Waals surface area contributed by atoms with Gasteiger partial charge in [0.1, 0.15) is 0 Å². The number of hydrogen-bond acceptors (Lipinski definition) is 2. The molecule has 1 unspecified atom stereocenters. The van der Waals surface area contributed by atoms with Gasteiger partial charge in [0, 0.05) is 6.54 Å². The molecule has 0 amide bonds. The van der Waals surface area contributed by atoms with Crippen LogP contribution in [0.5, 0.6) is 0 Å². The van der Waals surface area contributed by atoms with Crippen molar-refractivity contribution in [3.05, 3.63) is 0 Å². The molecule has 5 heteroatoms. The summed E-state index contributed by atoms with van der Waals surface area (Å²) >= 11 is 10.1. The second-order valence-electron chi connectivity index (χ2n) is 1.38. The lowest BCUT2D eigenvalue weighted by Gasteiger charge is -2.15. The van der Waals surface area contributed by atoms with Crippen molar-refractivity contribution in [1.82, 2.24) is 0 Å². The van der Waals surface area contributed by atoms with Gasteiger partial charge in [-0.3, -0.25) is 5.73 Å². The van der Waals surface area contributed by atoms with Crippen LogP contribution in [0, 0.1) is 0 Å². The Balaban J connectivity index is 3.62. The molecule has 2 nitrogen and oxygen atoms in total. The average molecular weight is 161 g/mol. The number of rotatable bonds is 2. The Hall–Kier alpha value is 0.430. The van der Waals surface area contributed by atoms with Gasteiger partial charge in [-0.25, -0.2) is 4.39 Å². The summed E-state index contributed by atoms with van der Waals surface area (Å²) in [5.41, 5.74) is 9.70. The first-order chi connectivity index (χ1) is 3.48. The summed E-state index contributed by atoms with van der Waals surface area (Å²) in [5, 5.41) is 0. The summed E-state index contributed by atoms with van der Waals surface area (Å²) in [6, 6.07) is 0. The quantitative estimate of drug-likeness (QED) is 0.454. The van der Waals surface area contributed by atoms with Crippen molar-refractivity contribution in [3.8, 4) is 0 Å². The monoisotopic (exact) mass is 160 g/mol. The maximum absolute atomic E-state index is 12.1. The van der Waals surface area contributed by atoms with Gasteiger partial charge in [0.05, 0.1) is 0 Å². The highest BCUT2D eigenvalue weighted by Crippen LogP contribution is 2.19. The first kappa shape index (κ1) is 8.43. The number of nitrogens with two attached hydrogens (primary N) is 2. The molecule has 0 heterocycles. The van der Waals surface area contributed by atoms with Crippen molar-refractivity contribution in [2.75, 3.05) is 6.54 Å². The summed E-state index contributed by atoms with van der Waals surface area (Å²) in [5.74, 6) is 0. The molecule has 0 fully saturated rings. The van der Waals surface area contributed by atoms with Gasteiger partial charge < -0.3 is 5.73 Å². The molecule has 0 saturated carbocycles. The molecule has 0 bridgehead atoms. The van der Waals surface area contributed by atoms with E-state index in [0.29, 0.717) is 0 Å². The van der Waals surface area contributed by atoms with Crippen LogP contribution < -0.4 is 11.5 Å². The van der Waals surface area contributed by atoms with Crippen LogP contribution in [0.25, 0.3) is 0 Å². The highest BCUT2D eigenvalue weighted by Gasteiger charge is 2.28. The zero-order chi connectivity index (χ0) is 6.78. The van der Waals surface area contributed by atoms with Crippen molar-refractivity contribution in [2.45, 2.75) is 10.6 Å². The molecule has 50 valence electrons. The van der Waals surface area contributed by atoms with Crippen molar-refractivity contribution in [3.63, 3.8) is 0 Å². The van der Waals surface area contributed by atoms with E-state index in [1.54, 1.807) is 0 Å². The molecule has 8 heavy (non-hydrogen) atoms. The van der Waals surface area contributed by atoms with Gasteiger partial charge in [0.2, 0.25) is 0 Å². The molecule has 0 aromatic carbocycles. The molecule has 0 aromatic rings. The number of alkyl halides is 3. The van der Waals surface area contributed by atoms with Gasteiger partial charge in [0.15, 0.2) is 10.6 Å². The minimum Gasteiger partial charge on any atom is -0.328 e. The Morgan fingerprint density at radius 2 is 2.00 bits per heavy atom. The molecule has 4 N–H and O–H groups in total. The summed E-state index contributed by atoms with van der Waals surface area (Å²) in [6.07, 6.45) is -1.56. The Morgan fingerprint density at radius 3 is 2.00 bits per heavy atom. The van der Waals surface area contributed by atoms with Crippen LogP contribution in [0.1, 0.15) is 0 Å². The second kappa shape index (κ2) is 2.82. The number of halogens is 3. The Labute approximate surface area is 56.9 Å². The summed E-state index contributed by atoms with van der Waals surface area (Å²) < 4.78 is 10.3. The highest BCUT2D eigenvalue weighted by molar-refractivity contribution is 6.48. The Kier molecular flexibility index (Phi) is 2.98. The van der Waals surface area contributed by atoms with Crippen LogP contribution >= 0.6 is 23.2 Å². The van der Waals surface area contributed by atoms with E-state index >= 15 is 0 Å². The van der Waals surface area contributed by atoms with Gasteiger partial charge in [-0.05, 0) is 0 Å². The standard InChI is InChI=1S/C3H7Cl2FN2/c4-3(5,8)2(6)1-7/h2H,1,7-8H2. The van der Waals surface area contributed by atoms with Crippen molar-refractivity contribution in [2.24, 2.45) is 11.5 Å². The first-order valence-corrected chi connectivity index (χ1v) is 2.75. The molecule has 0 radical (unpaired) electrons. The summed E-state index contributed by atoms with van der Waals surface area (Å²) in [7, 11) is 0. The van der Waals surface area contributed by atoms with Crippen LogP contribution in [0.4, 0.5) is 4.39 Å². The fraction of sp³-hybridized carbons (Fsp3) is 1.00. The zero-order valence-corrected chi connectivity index (χ0v) is 5.58. The lowest BCUT2D eigenvalue weighted by Crippen LogP contribution is -2.41. The third kappa shape index (κ3) is 2.67. The van der Waals surface area contributed by atoms with Crippen LogP contribution in [-0.2, 0) is 0 Å². The summed E-state index contributed by atoms with van der Waals surface area (Å²) in [4.78, 5) is 0. The largest absolute Gasteiger partial charge is 0.328 e. The van der Waals surface area contributed by atoms with Gasteiger partial charge in [-0.15, -0.1) is 0 Å². The minimum atomic E-state index is -1.84. The van der Waals surface area contributed by atoms with E-state index in [4.69, 9.17) is 34.7 Å². The molecular weight excluding hydrogens is 154 g/mol. The topological polar surface area (TPSA) is 52.0 Å². The fourth-order valence-electron chi connectivity index (χ4n) is 0.157. The predicted octanol–water partition coefficient (Wildman–Crippen LogP) is 0.373. The maximum Gasteiger partial charge on any atom is 0.198 e. The minimum absolute atomic E-state index is 0.260. The van der Waals surface area contributed by atoms with Gasteiger partial charge in [0.25, 0.3) is 0 Å². The highest BCUT2D eigenvalue weighted by atomic mass is 35.5. The lowest BCUT2D eigenvalue weighted by molar-refractivity contribution is 0.312. The SMILES string of the molecule is NCC(F)C(N)(Cl)Cl. The smallest absolute Gasteiger partial charge is 0.198 e. The molecule has 0 saturated heterocycles. The predicted molar refractivity (Wildman–Crippen MR) is 32.6 cm³/mol. The van der Waals surface area contributed by atoms with Gasteiger partial charge >= 0.3 is 0 Å². The third-order valence-corrected chi connectivity index (χ3v) is 1.10. The van der Waals surface area contributed by atoms with E-state index in [0.717, 1.165) is 0 Å². The van der Waals surface area contributed by atoms with Gasteiger partial charge in [-0.2, -0.15) is 0 Å². The van der Waals surface area contributed by atoms with Crippen molar-refractivity contribution in [1.29, 1.82) is 0 Å². The second-order valence-corrected chi connectivity index (χ2v) is 2.82. The Bertz CT molecular complexity index is 72.2. The maximum atomic E-state index is 12.1. The normalized spacial score (nSPS) is 16.1. The van der Waals surface area contributed by atoms with E-state index < -0.39 is 10.6 Å². The van der Waals surface area contributed by atoms with Crippen LogP contribution in [0.2, 0.25) is 0 Å². The molecule has 0 aromatic heterocycles. The molecule has 1 atom stereocenters. The third-order valence-electron chi connectivity index (χ3n) is 0.625. The van der Waals surface area contributed by atoms with Crippen LogP contribution in [0.3, 0.4) is 0 Å². The van der Waals surface area contributed by atoms with E-state index in [2.05, 4.69) is 0 Å². The molecule has 0 aliphatic rings. The fourth-order valence-corrected chi connectivity index (χ4v) is 0.335. The van der Waals surface area contributed by atoms with Crippen LogP contribution in [0.15, 0.2) is 0 Å². The molecule has 0 aliphatic heterocycles. The van der Waals surface area contributed by atoms with Crippen LogP contribution in [-0.4, -0.2) is 17.2 Å². The van der Waals surface area contributed by atoms with Gasteiger partial charge in [-0.1, -0.05) is 23.2 Å². The lowest BCUT2D eigenvalue weighted by atomic mass is 10.4.